The first-order valence-corrected chi connectivity index (χ1v) is 8.62. The van der Waals surface area contributed by atoms with Crippen LogP contribution in [0.25, 0.3) is 22.3 Å². The maximum atomic E-state index is 12.3. The van der Waals surface area contributed by atoms with E-state index in [0.717, 1.165) is 20.9 Å². The smallest absolute Gasteiger partial charge is 0.872 e. The molecule has 2 aromatic heterocycles. The summed E-state index contributed by atoms with van der Waals surface area (Å²) in [7, 11) is 0. The number of nitrogens with one attached hydrogen (secondary N) is 1. The number of fused-ring (bicyclic) bond motifs is 1. The van der Waals surface area contributed by atoms with E-state index in [2.05, 4.69) is 45.1 Å². The van der Waals surface area contributed by atoms with Crippen LogP contribution in [0.15, 0.2) is 28.1 Å². The van der Waals surface area contributed by atoms with E-state index in [-0.39, 0.29) is 57.1 Å². The summed E-state index contributed by atoms with van der Waals surface area (Å²) in [5.41, 5.74) is 3.07. The van der Waals surface area contributed by atoms with Gasteiger partial charge in [-0.15, -0.1) is 11.3 Å². The number of hydrogen-bond acceptors (Lipinski definition) is 5. The molecule has 0 bridgehead atoms. The molecule has 0 radical (unpaired) electrons. The number of anilines is 1. The first-order valence-electron chi connectivity index (χ1n) is 6.95. The van der Waals surface area contributed by atoms with Crippen molar-refractivity contribution in [1.29, 1.82) is 0 Å². The Kier molecular flexibility index (Phi) is 6.63. The quantitative estimate of drug-likeness (QED) is 0.655. The first kappa shape index (κ1) is 19.3. The summed E-state index contributed by atoms with van der Waals surface area (Å²) in [5.74, 6) is -0.0351. The second-order valence-corrected chi connectivity index (χ2v) is 7.09. The third-order valence-corrected chi connectivity index (χ3v) is 5.03. The van der Waals surface area contributed by atoms with Crippen molar-refractivity contribution < 1.29 is 56.5 Å². The van der Waals surface area contributed by atoms with Gasteiger partial charge in [-0.25, -0.2) is 9.97 Å². The molecule has 0 spiro atoms. The van der Waals surface area contributed by atoms with Gasteiger partial charge in [-0.2, -0.15) is 0 Å². The van der Waals surface area contributed by atoms with Crippen molar-refractivity contribution in [2.24, 2.45) is 0 Å². The largest absolute Gasteiger partial charge is 1.00 e. The summed E-state index contributed by atoms with van der Waals surface area (Å²) in [6.45, 7) is 6.10. The Balaban J connectivity index is 0.00000192. The van der Waals surface area contributed by atoms with E-state index in [1.807, 2.05) is 24.4 Å². The Labute approximate surface area is 190 Å². The van der Waals surface area contributed by atoms with Crippen LogP contribution in [0.4, 0.5) is 5.13 Å². The molecule has 1 aromatic carbocycles. The van der Waals surface area contributed by atoms with Gasteiger partial charge < -0.3 is 10.4 Å². The van der Waals surface area contributed by atoms with Gasteiger partial charge in [-0.3, -0.25) is 0 Å². The molecule has 2 heterocycles. The van der Waals surface area contributed by atoms with Crippen molar-refractivity contribution in [3.8, 4) is 17.1 Å². The minimum atomic E-state index is -0.0351. The molecule has 7 heteroatoms. The number of pyridine rings is 1. The van der Waals surface area contributed by atoms with Crippen molar-refractivity contribution in [1.82, 2.24) is 9.97 Å². The van der Waals surface area contributed by atoms with Gasteiger partial charge in [0.05, 0.1) is 11.2 Å². The second kappa shape index (κ2) is 7.90. The van der Waals surface area contributed by atoms with Crippen molar-refractivity contribution in [3.05, 3.63) is 33.6 Å². The first-order chi connectivity index (χ1) is 10.5. The Morgan fingerprint density at radius 1 is 1.22 bits per heavy atom. The summed E-state index contributed by atoms with van der Waals surface area (Å²) >= 11 is 5.04. The molecule has 0 aliphatic heterocycles. The molecule has 0 saturated heterocycles. The van der Waals surface area contributed by atoms with Gasteiger partial charge >= 0.3 is 51.4 Å². The fourth-order valence-corrected chi connectivity index (χ4v) is 3.45. The van der Waals surface area contributed by atoms with Crippen molar-refractivity contribution in [2.75, 3.05) is 5.32 Å². The van der Waals surface area contributed by atoms with E-state index in [1.54, 1.807) is 6.07 Å². The third kappa shape index (κ3) is 4.15. The molecule has 0 unspecified atom stereocenters. The summed E-state index contributed by atoms with van der Waals surface area (Å²) in [5, 5.41) is 19.0. The molecular formula is C16H15BrKN3OS. The molecule has 0 amide bonds. The molecular weight excluding hydrogens is 401 g/mol. The molecule has 1 N–H and O–H groups in total. The van der Waals surface area contributed by atoms with E-state index >= 15 is 0 Å². The number of aromatic nitrogens is 2. The standard InChI is InChI=1S/C16H16BrN3OS.K/c1-8(2)18-16-20-12(7-22-16)11-6-13(21)10-5-4-9(3)14(17)15(10)19-11;/h4-8H,1-3H3,(H,18,20)(H,19,21);/q;+1/p-1. The zero-order valence-electron chi connectivity index (χ0n) is 13.5. The summed E-state index contributed by atoms with van der Waals surface area (Å²) in [6, 6.07) is 5.61. The number of aryl methyl sites for hydroxylation is 1. The summed E-state index contributed by atoms with van der Waals surface area (Å²) in [6.07, 6.45) is 0. The number of rotatable bonds is 3. The monoisotopic (exact) mass is 415 g/mol. The van der Waals surface area contributed by atoms with Crippen molar-refractivity contribution in [3.63, 3.8) is 0 Å². The third-order valence-electron chi connectivity index (χ3n) is 3.25. The van der Waals surface area contributed by atoms with Gasteiger partial charge in [0.2, 0.25) is 0 Å². The van der Waals surface area contributed by atoms with E-state index < -0.39 is 0 Å². The Hall–Kier alpha value is -0.0236. The van der Waals surface area contributed by atoms with Gasteiger partial charge in [0, 0.05) is 15.9 Å². The molecule has 0 aliphatic rings. The van der Waals surface area contributed by atoms with Gasteiger partial charge in [-0.05, 0) is 53.7 Å². The molecule has 0 fully saturated rings. The average Bonchev–Trinajstić information content (AvgIpc) is 2.90. The number of thiazole rings is 1. The molecule has 3 rings (SSSR count). The van der Waals surface area contributed by atoms with E-state index in [9.17, 15) is 5.11 Å². The number of hydrogen-bond donors (Lipinski definition) is 1. The SMILES string of the molecule is Cc1ccc2c([O-])cc(-c3csc(NC(C)C)n3)nc2c1Br.[K+]. The normalized spacial score (nSPS) is 10.8. The Morgan fingerprint density at radius 2 is 1.96 bits per heavy atom. The fourth-order valence-electron chi connectivity index (χ4n) is 2.16. The number of benzene rings is 1. The zero-order chi connectivity index (χ0) is 15.9. The Bertz CT molecular complexity index is 851. The Morgan fingerprint density at radius 3 is 2.65 bits per heavy atom. The van der Waals surface area contributed by atoms with Crippen LogP contribution in [0.5, 0.6) is 5.75 Å². The van der Waals surface area contributed by atoms with Crippen LogP contribution in [-0.4, -0.2) is 16.0 Å². The van der Waals surface area contributed by atoms with Gasteiger partial charge in [0.1, 0.15) is 5.69 Å². The van der Waals surface area contributed by atoms with Crippen LogP contribution in [0.3, 0.4) is 0 Å². The molecule has 114 valence electrons. The second-order valence-electron chi connectivity index (χ2n) is 5.44. The van der Waals surface area contributed by atoms with Crippen LogP contribution in [-0.2, 0) is 0 Å². The topological polar surface area (TPSA) is 60.9 Å². The molecule has 0 aliphatic carbocycles. The van der Waals surface area contributed by atoms with Gasteiger partial charge in [-0.1, -0.05) is 17.9 Å². The van der Waals surface area contributed by atoms with E-state index in [4.69, 9.17) is 0 Å². The number of nitrogens with zero attached hydrogens (tertiary/aromatic N) is 2. The van der Waals surface area contributed by atoms with Crippen molar-refractivity contribution in [2.45, 2.75) is 26.8 Å². The van der Waals surface area contributed by atoms with Crippen molar-refractivity contribution >= 4 is 43.3 Å². The summed E-state index contributed by atoms with van der Waals surface area (Å²) < 4.78 is 0.861. The molecule has 3 aromatic rings. The average molecular weight is 416 g/mol. The van der Waals surface area contributed by atoms with Gasteiger partial charge in [0.25, 0.3) is 0 Å². The van der Waals surface area contributed by atoms with Crippen LogP contribution >= 0.6 is 27.3 Å². The van der Waals surface area contributed by atoms with Crippen LogP contribution in [0.2, 0.25) is 0 Å². The summed E-state index contributed by atoms with van der Waals surface area (Å²) in [4.78, 5) is 9.14. The minimum absolute atomic E-state index is 0. The predicted molar refractivity (Wildman–Crippen MR) is 93.5 cm³/mol. The van der Waals surface area contributed by atoms with E-state index in [0.29, 0.717) is 22.6 Å². The van der Waals surface area contributed by atoms with Crippen LogP contribution in [0.1, 0.15) is 19.4 Å². The predicted octanol–water partition coefficient (Wildman–Crippen LogP) is 1.33. The van der Waals surface area contributed by atoms with Crippen LogP contribution < -0.4 is 61.8 Å². The maximum Gasteiger partial charge on any atom is 1.00 e. The molecule has 23 heavy (non-hydrogen) atoms. The zero-order valence-corrected chi connectivity index (χ0v) is 19.0. The number of halogens is 1. The van der Waals surface area contributed by atoms with Crippen LogP contribution in [0, 0.1) is 6.92 Å². The van der Waals surface area contributed by atoms with Gasteiger partial charge in [0.15, 0.2) is 5.13 Å². The minimum Gasteiger partial charge on any atom is -0.872 e. The molecule has 0 saturated carbocycles. The fraction of sp³-hybridized carbons (Fsp3) is 0.250. The molecule has 0 atom stereocenters. The maximum absolute atomic E-state index is 12.3. The van der Waals surface area contributed by atoms with E-state index in [1.165, 1.54) is 11.3 Å². The molecule has 4 nitrogen and oxygen atoms in total.